The summed E-state index contributed by atoms with van der Waals surface area (Å²) in [5.74, 6) is -1.69. The fourth-order valence-corrected chi connectivity index (χ4v) is 1.41. The van der Waals surface area contributed by atoms with Crippen molar-refractivity contribution in [1.29, 1.82) is 0 Å². The Morgan fingerprint density at radius 3 is 2.39 bits per heavy atom. The van der Waals surface area contributed by atoms with E-state index in [1.54, 1.807) is 6.92 Å². The average Bonchev–Trinajstić information content (AvgIpc) is 2.30. The van der Waals surface area contributed by atoms with E-state index in [0.29, 0.717) is 12.2 Å². The number of carbonyl (C=O) groups excluding carboxylic acids is 1. The number of halogens is 1. The molecule has 0 aliphatic carbocycles. The van der Waals surface area contributed by atoms with Gasteiger partial charge in [0.25, 0.3) is 0 Å². The van der Waals surface area contributed by atoms with E-state index in [9.17, 15) is 14.0 Å². The third-order valence-corrected chi connectivity index (χ3v) is 2.30. The molecule has 1 amide bonds. The zero-order valence-electron chi connectivity index (χ0n) is 10.0. The molecule has 0 radical (unpaired) electrons. The number of hydrogen-bond donors (Lipinski definition) is 2. The highest BCUT2D eigenvalue weighted by atomic mass is 19.1. The van der Waals surface area contributed by atoms with E-state index < -0.39 is 5.97 Å². The molecule has 98 valence electrons. The normalized spacial score (nSPS) is 10.4. The standard InChI is InChI=1S/C12H15FN2O3/c1-2-15(8-12(17)18)7-11(16)14-10-5-3-9(13)4-6-10/h3-6H,2,7-8H2,1H3,(H,14,16)(H,17,18). The van der Waals surface area contributed by atoms with Gasteiger partial charge in [0, 0.05) is 5.69 Å². The largest absolute Gasteiger partial charge is 0.480 e. The van der Waals surface area contributed by atoms with E-state index >= 15 is 0 Å². The van der Waals surface area contributed by atoms with E-state index in [-0.39, 0.29) is 24.8 Å². The highest BCUT2D eigenvalue weighted by molar-refractivity contribution is 5.92. The highest BCUT2D eigenvalue weighted by Gasteiger charge is 2.12. The number of carboxylic acid groups (broad SMARTS) is 1. The fourth-order valence-electron chi connectivity index (χ4n) is 1.41. The Morgan fingerprint density at radius 2 is 1.89 bits per heavy atom. The van der Waals surface area contributed by atoms with Crippen LogP contribution in [-0.2, 0) is 9.59 Å². The van der Waals surface area contributed by atoms with Crippen molar-refractivity contribution < 1.29 is 19.1 Å². The Balaban J connectivity index is 2.49. The molecule has 0 saturated carbocycles. The molecular weight excluding hydrogens is 239 g/mol. The van der Waals surface area contributed by atoms with Crippen LogP contribution in [0, 0.1) is 5.82 Å². The van der Waals surface area contributed by atoms with Gasteiger partial charge in [-0.15, -0.1) is 0 Å². The van der Waals surface area contributed by atoms with Crippen LogP contribution < -0.4 is 5.32 Å². The molecule has 0 aromatic heterocycles. The highest BCUT2D eigenvalue weighted by Crippen LogP contribution is 2.08. The number of anilines is 1. The molecule has 18 heavy (non-hydrogen) atoms. The van der Waals surface area contributed by atoms with Crippen molar-refractivity contribution in [3.63, 3.8) is 0 Å². The summed E-state index contributed by atoms with van der Waals surface area (Å²) >= 11 is 0. The van der Waals surface area contributed by atoms with Gasteiger partial charge in [-0.2, -0.15) is 0 Å². The van der Waals surface area contributed by atoms with E-state index in [2.05, 4.69) is 5.32 Å². The Morgan fingerprint density at radius 1 is 1.28 bits per heavy atom. The number of nitrogens with one attached hydrogen (secondary N) is 1. The van der Waals surface area contributed by atoms with Crippen LogP contribution in [0.5, 0.6) is 0 Å². The van der Waals surface area contributed by atoms with Crippen LogP contribution in [0.4, 0.5) is 10.1 Å². The Kier molecular flexibility index (Phi) is 5.26. The van der Waals surface area contributed by atoms with E-state index in [1.165, 1.54) is 29.2 Å². The Hall–Kier alpha value is -1.95. The molecule has 0 bridgehead atoms. The average molecular weight is 254 g/mol. The molecule has 1 rings (SSSR count). The molecule has 0 saturated heterocycles. The predicted octanol–water partition coefficient (Wildman–Crippen LogP) is 1.17. The first-order valence-corrected chi connectivity index (χ1v) is 5.51. The molecule has 5 nitrogen and oxygen atoms in total. The minimum absolute atomic E-state index is 0.0137. The number of likely N-dealkylation sites (N-methyl/N-ethyl adjacent to an activating group) is 1. The summed E-state index contributed by atoms with van der Waals surface area (Å²) in [5.41, 5.74) is 0.479. The quantitative estimate of drug-likeness (QED) is 0.799. The summed E-state index contributed by atoms with van der Waals surface area (Å²) in [6.45, 7) is 2.03. The van der Waals surface area contributed by atoms with Crippen molar-refractivity contribution in [1.82, 2.24) is 4.90 Å². The van der Waals surface area contributed by atoms with Gasteiger partial charge in [0.05, 0.1) is 13.1 Å². The third kappa shape index (κ3) is 4.92. The van der Waals surface area contributed by atoms with Gasteiger partial charge in [0.2, 0.25) is 5.91 Å². The van der Waals surface area contributed by atoms with Gasteiger partial charge in [0.15, 0.2) is 0 Å². The van der Waals surface area contributed by atoms with Crippen LogP contribution in [0.3, 0.4) is 0 Å². The second-order valence-electron chi connectivity index (χ2n) is 3.75. The van der Waals surface area contributed by atoms with Gasteiger partial charge in [-0.05, 0) is 30.8 Å². The molecule has 0 atom stereocenters. The van der Waals surface area contributed by atoms with Gasteiger partial charge in [-0.1, -0.05) is 6.92 Å². The summed E-state index contributed by atoms with van der Waals surface area (Å²) in [7, 11) is 0. The van der Waals surface area contributed by atoms with Gasteiger partial charge < -0.3 is 10.4 Å². The lowest BCUT2D eigenvalue weighted by atomic mass is 10.3. The minimum Gasteiger partial charge on any atom is -0.480 e. The first-order chi connectivity index (χ1) is 8.51. The smallest absolute Gasteiger partial charge is 0.317 e. The van der Waals surface area contributed by atoms with Crippen molar-refractivity contribution in [3.8, 4) is 0 Å². The van der Waals surface area contributed by atoms with E-state index in [1.807, 2.05) is 0 Å². The number of carbonyl (C=O) groups is 2. The van der Waals surface area contributed by atoms with Crippen molar-refractivity contribution in [3.05, 3.63) is 30.1 Å². The first kappa shape index (κ1) is 14.1. The summed E-state index contributed by atoms with van der Waals surface area (Å²) in [6.07, 6.45) is 0. The summed E-state index contributed by atoms with van der Waals surface area (Å²) in [5, 5.41) is 11.2. The SMILES string of the molecule is CCN(CC(=O)O)CC(=O)Nc1ccc(F)cc1. The molecule has 1 aromatic carbocycles. The lowest BCUT2D eigenvalue weighted by Crippen LogP contribution is -2.36. The van der Waals surface area contributed by atoms with Crippen molar-refractivity contribution in [2.24, 2.45) is 0 Å². The minimum atomic E-state index is -0.980. The number of aliphatic carboxylic acids is 1. The van der Waals surface area contributed by atoms with Gasteiger partial charge >= 0.3 is 5.97 Å². The van der Waals surface area contributed by atoms with Crippen LogP contribution >= 0.6 is 0 Å². The molecule has 0 unspecified atom stereocenters. The zero-order valence-corrected chi connectivity index (χ0v) is 10.0. The third-order valence-electron chi connectivity index (χ3n) is 2.30. The number of benzene rings is 1. The maximum Gasteiger partial charge on any atom is 0.317 e. The molecule has 0 aliphatic heterocycles. The van der Waals surface area contributed by atoms with Crippen molar-refractivity contribution in [2.45, 2.75) is 6.92 Å². The Labute approximate surface area is 104 Å². The first-order valence-electron chi connectivity index (χ1n) is 5.51. The second-order valence-corrected chi connectivity index (χ2v) is 3.75. The molecule has 6 heteroatoms. The maximum absolute atomic E-state index is 12.6. The zero-order chi connectivity index (χ0) is 13.5. The van der Waals surface area contributed by atoms with E-state index in [0.717, 1.165) is 0 Å². The molecule has 0 spiro atoms. The molecular formula is C12H15FN2O3. The topological polar surface area (TPSA) is 69.6 Å². The van der Waals surface area contributed by atoms with Crippen LogP contribution in [0.25, 0.3) is 0 Å². The van der Waals surface area contributed by atoms with Gasteiger partial charge in [-0.3, -0.25) is 14.5 Å². The summed E-state index contributed by atoms with van der Waals surface area (Å²) in [6, 6.07) is 5.37. The van der Waals surface area contributed by atoms with E-state index in [4.69, 9.17) is 5.11 Å². The number of carboxylic acids is 1. The summed E-state index contributed by atoms with van der Waals surface area (Å²) < 4.78 is 12.6. The van der Waals surface area contributed by atoms with Crippen molar-refractivity contribution in [2.75, 3.05) is 25.0 Å². The van der Waals surface area contributed by atoms with Crippen LogP contribution in [-0.4, -0.2) is 41.5 Å². The van der Waals surface area contributed by atoms with Crippen LogP contribution in [0.1, 0.15) is 6.92 Å². The van der Waals surface area contributed by atoms with Crippen LogP contribution in [0.2, 0.25) is 0 Å². The monoisotopic (exact) mass is 254 g/mol. The van der Waals surface area contributed by atoms with Crippen LogP contribution in [0.15, 0.2) is 24.3 Å². The second kappa shape index (κ2) is 6.70. The number of amides is 1. The summed E-state index contributed by atoms with van der Waals surface area (Å²) in [4.78, 5) is 23.6. The van der Waals surface area contributed by atoms with Crippen molar-refractivity contribution >= 4 is 17.6 Å². The molecule has 0 heterocycles. The van der Waals surface area contributed by atoms with Gasteiger partial charge in [-0.25, -0.2) is 4.39 Å². The molecule has 0 fully saturated rings. The fraction of sp³-hybridized carbons (Fsp3) is 0.333. The Bertz CT molecular complexity index is 420. The number of hydrogen-bond acceptors (Lipinski definition) is 3. The number of nitrogens with zero attached hydrogens (tertiary/aromatic N) is 1. The molecule has 2 N–H and O–H groups in total. The molecule has 0 aliphatic rings. The lowest BCUT2D eigenvalue weighted by Gasteiger charge is -2.17. The predicted molar refractivity (Wildman–Crippen MR) is 64.8 cm³/mol. The number of rotatable bonds is 6. The lowest BCUT2D eigenvalue weighted by molar-refractivity contribution is -0.138. The van der Waals surface area contributed by atoms with Gasteiger partial charge in [0.1, 0.15) is 5.82 Å². The molecule has 1 aromatic rings. The maximum atomic E-state index is 12.6.